The van der Waals surface area contributed by atoms with Crippen LogP contribution in [-0.2, 0) is 0 Å². The molecular weight excluding hydrogens is 190 g/mol. The topological polar surface area (TPSA) is 39.1 Å². The molecule has 1 aromatic heterocycles. The van der Waals surface area contributed by atoms with E-state index in [0.717, 1.165) is 0 Å². The fraction of sp³-hybridized carbons (Fsp3) is 0.333. The van der Waals surface area contributed by atoms with E-state index in [2.05, 4.69) is 0 Å². The van der Waals surface area contributed by atoms with Crippen molar-refractivity contribution >= 4 is 16.8 Å². The maximum atomic E-state index is 11.5. The second-order valence-corrected chi connectivity index (χ2v) is 3.35. The zero-order chi connectivity index (χ0) is 10.0. The van der Waals surface area contributed by atoms with Crippen molar-refractivity contribution in [3.8, 4) is 0 Å². The molecule has 4 heteroatoms. The van der Waals surface area contributed by atoms with Gasteiger partial charge in [0.1, 0.15) is 0 Å². The maximum absolute atomic E-state index is 11.5. The first kappa shape index (κ1) is 9.99. The predicted molar refractivity (Wildman–Crippen MR) is 51.3 cm³/mol. The third-order valence-electron chi connectivity index (χ3n) is 1.74. The highest BCUT2D eigenvalue weighted by atomic mass is 35.5. The highest BCUT2D eigenvalue weighted by molar-refractivity contribution is 6.67. The van der Waals surface area contributed by atoms with E-state index in [1.165, 1.54) is 10.6 Å². The maximum Gasteiger partial charge on any atom is 0.262 e. The molecule has 0 bridgehead atoms. The molecule has 1 aromatic rings. The second kappa shape index (κ2) is 3.75. The van der Waals surface area contributed by atoms with Crippen molar-refractivity contribution in [1.82, 2.24) is 4.57 Å². The summed E-state index contributed by atoms with van der Waals surface area (Å²) in [5.74, 6) is 0. The Labute approximate surface area is 80.9 Å². The summed E-state index contributed by atoms with van der Waals surface area (Å²) in [6, 6.07) is 3.09. The Morgan fingerprint density at radius 1 is 1.54 bits per heavy atom. The van der Waals surface area contributed by atoms with E-state index in [0.29, 0.717) is 0 Å². The zero-order valence-electron chi connectivity index (χ0n) is 7.45. The molecule has 0 spiro atoms. The Morgan fingerprint density at radius 3 is 2.62 bits per heavy atom. The minimum absolute atomic E-state index is 0.0258. The van der Waals surface area contributed by atoms with Gasteiger partial charge in [-0.05, 0) is 37.6 Å². The number of carbonyl (C=O) groups is 1. The SMILES string of the molecule is CC(C)n1cccc(C(=O)Cl)c1=O. The van der Waals surface area contributed by atoms with Crippen LogP contribution in [0.1, 0.15) is 30.2 Å². The van der Waals surface area contributed by atoms with Gasteiger partial charge in [0, 0.05) is 12.2 Å². The van der Waals surface area contributed by atoms with E-state index in [1.807, 2.05) is 13.8 Å². The summed E-state index contributed by atoms with van der Waals surface area (Å²) in [6.45, 7) is 3.73. The van der Waals surface area contributed by atoms with Gasteiger partial charge in [0.25, 0.3) is 10.8 Å². The van der Waals surface area contributed by atoms with E-state index >= 15 is 0 Å². The van der Waals surface area contributed by atoms with Crippen LogP contribution in [0.15, 0.2) is 23.1 Å². The van der Waals surface area contributed by atoms with Crippen molar-refractivity contribution in [2.45, 2.75) is 19.9 Å². The molecule has 0 unspecified atom stereocenters. The molecule has 0 saturated carbocycles. The molecule has 70 valence electrons. The van der Waals surface area contributed by atoms with Crippen LogP contribution in [0.25, 0.3) is 0 Å². The lowest BCUT2D eigenvalue weighted by atomic mass is 10.2. The van der Waals surface area contributed by atoms with Crippen molar-refractivity contribution in [1.29, 1.82) is 0 Å². The average molecular weight is 200 g/mol. The van der Waals surface area contributed by atoms with Gasteiger partial charge < -0.3 is 4.57 Å². The Balaban J connectivity index is 3.36. The van der Waals surface area contributed by atoms with Crippen LogP contribution in [0.3, 0.4) is 0 Å². The van der Waals surface area contributed by atoms with Crippen molar-refractivity contribution in [3.63, 3.8) is 0 Å². The fourth-order valence-electron chi connectivity index (χ4n) is 1.07. The molecule has 1 rings (SSSR count). The Hall–Kier alpha value is -1.09. The van der Waals surface area contributed by atoms with Crippen molar-refractivity contribution in [3.05, 3.63) is 34.2 Å². The molecule has 0 aromatic carbocycles. The second-order valence-electron chi connectivity index (χ2n) is 3.00. The van der Waals surface area contributed by atoms with Crippen LogP contribution in [0.2, 0.25) is 0 Å². The smallest absolute Gasteiger partial charge is 0.262 e. The minimum atomic E-state index is -0.708. The van der Waals surface area contributed by atoms with Gasteiger partial charge in [0.2, 0.25) is 0 Å². The zero-order valence-corrected chi connectivity index (χ0v) is 8.21. The quantitative estimate of drug-likeness (QED) is 0.682. The number of halogens is 1. The molecule has 0 saturated heterocycles. The van der Waals surface area contributed by atoms with Gasteiger partial charge in [-0.1, -0.05) is 0 Å². The number of aromatic nitrogens is 1. The van der Waals surface area contributed by atoms with Crippen LogP contribution in [0.4, 0.5) is 0 Å². The van der Waals surface area contributed by atoms with Gasteiger partial charge in [-0.15, -0.1) is 0 Å². The molecule has 13 heavy (non-hydrogen) atoms. The molecule has 0 aliphatic carbocycles. The van der Waals surface area contributed by atoms with Gasteiger partial charge >= 0.3 is 0 Å². The molecule has 0 N–H and O–H groups in total. The summed E-state index contributed by atoms with van der Waals surface area (Å²) in [7, 11) is 0. The van der Waals surface area contributed by atoms with Gasteiger partial charge in [0.15, 0.2) is 0 Å². The predicted octanol–water partition coefficient (Wildman–Crippen LogP) is 1.81. The Bertz CT molecular complexity index is 381. The number of rotatable bonds is 2. The first-order valence-corrected chi connectivity index (χ1v) is 4.33. The lowest BCUT2D eigenvalue weighted by molar-refractivity contribution is 0.107. The molecule has 0 aliphatic rings. The van der Waals surface area contributed by atoms with Gasteiger partial charge in [-0.25, -0.2) is 0 Å². The molecule has 0 atom stereocenters. The highest BCUT2D eigenvalue weighted by Crippen LogP contribution is 2.02. The van der Waals surface area contributed by atoms with Gasteiger partial charge in [-0.3, -0.25) is 9.59 Å². The summed E-state index contributed by atoms with van der Waals surface area (Å²) < 4.78 is 1.47. The first-order chi connectivity index (χ1) is 6.04. The summed E-state index contributed by atoms with van der Waals surface area (Å²) in [4.78, 5) is 22.3. The van der Waals surface area contributed by atoms with Crippen LogP contribution in [0.5, 0.6) is 0 Å². The molecule has 3 nitrogen and oxygen atoms in total. The number of pyridine rings is 1. The van der Waals surface area contributed by atoms with E-state index in [-0.39, 0.29) is 17.2 Å². The normalized spacial score (nSPS) is 10.5. The van der Waals surface area contributed by atoms with Crippen LogP contribution in [-0.4, -0.2) is 9.81 Å². The van der Waals surface area contributed by atoms with E-state index in [1.54, 1.807) is 12.3 Å². The Kier molecular flexibility index (Phi) is 2.88. The minimum Gasteiger partial charge on any atom is -0.312 e. The van der Waals surface area contributed by atoms with Gasteiger partial charge in [-0.2, -0.15) is 0 Å². The van der Waals surface area contributed by atoms with Crippen LogP contribution < -0.4 is 5.56 Å². The highest BCUT2D eigenvalue weighted by Gasteiger charge is 2.10. The van der Waals surface area contributed by atoms with Crippen LogP contribution in [0, 0.1) is 0 Å². The number of nitrogens with zero attached hydrogens (tertiary/aromatic N) is 1. The third-order valence-corrected chi connectivity index (χ3v) is 1.95. The molecule has 0 radical (unpaired) electrons. The number of hydrogen-bond donors (Lipinski definition) is 0. The third kappa shape index (κ3) is 1.98. The molecule has 0 amide bonds. The molecule has 1 heterocycles. The van der Waals surface area contributed by atoms with E-state index < -0.39 is 5.24 Å². The van der Waals surface area contributed by atoms with Gasteiger partial charge in [0.05, 0.1) is 5.56 Å². The van der Waals surface area contributed by atoms with Crippen LogP contribution >= 0.6 is 11.6 Å². The summed E-state index contributed by atoms with van der Waals surface area (Å²) >= 11 is 5.23. The number of hydrogen-bond acceptors (Lipinski definition) is 2. The fourth-order valence-corrected chi connectivity index (χ4v) is 1.21. The monoisotopic (exact) mass is 199 g/mol. The van der Waals surface area contributed by atoms with Crippen molar-refractivity contribution in [2.75, 3.05) is 0 Å². The standard InChI is InChI=1S/C9H10ClNO2/c1-6(2)11-5-3-4-7(8(10)12)9(11)13/h3-6H,1-2H3. The largest absolute Gasteiger partial charge is 0.312 e. The van der Waals surface area contributed by atoms with E-state index in [9.17, 15) is 9.59 Å². The molecule has 0 fully saturated rings. The van der Waals surface area contributed by atoms with E-state index in [4.69, 9.17) is 11.6 Å². The summed E-state index contributed by atoms with van der Waals surface area (Å²) in [5.41, 5.74) is -0.310. The van der Waals surface area contributed by atoms with Crippen molar-refractivity contribution < 1.29 is 4.79 Å². The first-order valence-electron chi connectivity index (χ1n) is 3.95. The lowest BCUT2D eigenvalue weighted by Gasteiger charge is -2.09. The molecular formula is C9H10ClNO2. The van der Waals surface area contributed by atoms with Crippen molar-refractivity contribution in [2.24, 2.45) is 0 Å². The summed E-state index contributed by atoms with van der Waals surface area (Å²) in [6.07, 6.45) is 1.64. The Morgan fingerprint density at radius 2 is 2.15 bits per heavy atom. The molecule has 0 aliphatic heterocycles. The average Bonchev–Trinajstić information content (AvgIpc) is 2.03. The number of carbonyl (C=O) groups excluding carboxylic acids is 1. The lowest BCUT2D eigenvalue weighted by Crippen LogP contribution is -2.25. The summed E-state index contributed by atoms with van der Waals surface area (Å²) in [5, 5.41) is -0.708.